The Bertz CT molecular complexity index is 1750. The molecule has 2 saturated heterocycles. The zero-order valence-electron chi connectivity index (χ0n) is 24.7. The van der Waals surface area contributed by atoms with Crippen LogP contribution in [0.15, 0.2) is 115 Å². The first kappa shape index (κ1) is 31.4. The van der Waals surface area contributed by atoms with Crippen LogP contribution in [0.1, 0.15) is 34.8 Å². The molecule has 2 aliphatic rings. The van der Waals surface area contributed by atoms with Gasteiger partial charge in [0.1, 0.15) is 29.0 Å². The van der Waals surface area contributed by atoms with Gasteiger partial charge in [0.2, 0.25) is 11.8 Å². The fourth-order valence-electron chi connectivity index (χ4n) is 5.60. The summed E-state index contributed by atoms with van der Waals surface area (Å²) in [6.45, 7) is 0. The molecule has 2 amide bonds. The molecule has 3 atom stereocenters. The molecule has 0 aliphatic carbocycles. The molecule has 2 heterocycles. The van der Waals surface area contributed by atoms with Crippen molar-refractivity contribution in [2.45, 2.75) is 42.2 Å². The normalized spacial score (nSPS) is 19.1. The van der Waals surface area contributed by atoms with Gasteiger partial charge >= 0.3 is 16.1 Å². The van der Waals surface area contributed by atoms with Gasteiger partial charge in [0.05, 0.1) is 6.42 Å². The molecule has 0 spiro atoms. The van der Waals surface area contributed by atoms with Crippen LogP contribution in [0.25, 0.3) is 0 Å². The van der Waals surface area contributed by atoms with E-state index in [-0.39, 0.29) is 35.1 Å². The lowest BCUT2D eigenvalue weighted by atomic mass is 9.99. The smallest absolute Gasteiger partial charge is 0.329 e. The van der Waals surface area contributed by atoms with Crippen molar-refractivity contribution in [3.63, 3.8) is 0 Å². The number of carbonyl (C=O) groups excluding carboxylic acids is 3. The second kappa shape index (κ2) is 13.8. The van der Waals surface area contributed by atoms with E-state index in [1.807, 2.05) is 60.7 Å². The van der Waals surface area contributed by atoms with Crippen LogP contribution in [-0.4, -0.2) is 54.3 Å². The Labute approximate surface area is 272 Å². The van der Waals surface area contributed by atoms with E-state index in [0.717, 1.165) is 11.1 Å². The molecule has 0 aromatic heterocycles. The third-order valence-electron chi connectivity index (χ3n) is 7.82. The van der Waals surface area contributed by atoms with Gasteiger partial charge in [-0.2, -0.15) is 8.42 Å². The summed E-state index contributed by atoms with van der Waals surface area (Å²) in [6, 6.07) is 32.4. The van der Waals surface area contributed by atoms with Gasteiger partial charge in [-0.15, -0.1) is 11.8 Å². The highest BCUT2D eigenvalue weighted by atomic mass is 32.2. The monoisotopic (exact) mass is 656 g/mol. The van der Waals surface area contributed by atoms with Crippen LogP contribution in [0.4, 0.5) is 0 Å². The van der Waals surface area contributed by atoms with Crippen molar-refractivity contribution >= 4 is 39.7 Å². The highest BCUT2D eigenvalue weighted by Gasteiger charge is 2.55. The number of hydrogen-bond donors (Lipinski definition) is 1. The molecule has 4 aromatic rings. The second-order valence-corrected chi connectivity index (χ2v) is 13.9. The molecule has 1 N–H and O–H groups in total. The lowest BCUT2D eigenvalue weighted by Gasteiger charge is -2.52. The van der Waals surface area contributed by atoms with Crippen LogP contribution >= 0.6 is 11.8 Å². The number of nitrogens with one attached hydrogen (secondary N) is 1. The topological polar surface area (TPSA) is 119 Å². The predicted molar refractivity (Wildman–Crippen MR) is 174 cm³/mol. The first-order chi connectivity index (χ1) is 22.3. The van der Waals surface area contributed by atoms with Crippen molar-refractivity contribution in [3.8, 4) is 5.75 Å². The van der Waals surface area contributed by atoms with Crippen LogP contribution < -0.4 is 9.50 Å². The predicted octanol–water partition coefficient (Wildman–Crippen LogP) is 4.63. The van der Waals surface area contributed by atoms with Gasteiger partial charge in [0.25, 0.3) is 0 Å². The molecule has 11 heteroatoms. The molecule has 2 aliphatic heterocycles. The largest absolute Gasteiger partial charge is 0.451 e. The average molecular weight is 657 g/mol. The average Bonchev–Trinajstić information content (AvgIpc) is 3.07. The fourth-order valence-corrected chi connectivity index (χ4v) is 8.06. The zero-order valence-corrected chi connectivity index (χ0v) is 26.4. The number of benzene rings is 4. The van der Waals surface area contributed by atoms with Crippen LogP contribution in [-0.2, 0) is 41.4 Å². The Kier molecular flexibility index (Phi) is 9.41. The van der Waals surface area contributed by atoms with E-state index in [9.17, 15) is 22.8 Å². The van der Waals surface area contributed by atoms with E-state index in [0.29, 0.717) is 23.3 Å². The minimum absolute atomic E-state index is 0.0144. The van der Waals surface area contributed by atoms with Gasteiger partial charge in [-0.25, -0.2) is 4.79 Å². The Balaban J connectivity index is 1.04. The molecular formula is C35H32N2O7S2. The standard InChI is InChI=1S/C35H32N2O7S2/c38-30(22-24-16-18-28(19-17-24)44-46(41,42)23-25-10-4-1-5-11-25)36-31-33(39)37-29(20-21-45-34(31)37)35(40)43-32(26-12-6-2-7-13-26)27-14-8-3-9-15-27/h1-19,29,31-32,34H,20-23H2,(H,36,38)/t29?,31-,34-/m1/s1. The number of hydrogen-bond acceptors (Lipinski definition) is 8. The quantitative estimate of drug-likeness (QED) is 0.141. The van der Waals surface area contributed by atoms with E-state index >= 15 is 0 Å². The molecule has 6 rings (SSSR count). The molecule has 4 aromatic carbocycles. The van der Waals surface area contributed by atoms with Crippen LogP contribution in [0, 0.1) is 0 Å². The maximum absolute atomic E-state index is 13.5. The number of rotatable bonds is 11. The molecule has 0 bridgehead atoms. The molecule has 0 radical (unpaired) electrons. The Hall–Kier alpha value is -4.61. The number of thioether (sulfide) groups is 1. The van der Waals surface area contributed by atoms with Crippen molar-refractivity contribution in [2.75, 3.05) is 5.75 Å². The van der Waals surface area contributed by atoms with E-state index in [2.05, 4.69) is 5.32 Å². The summed E-state index contributed by atoms with van der Waals surface area (Å²) in [5.41, 5.74) is 2.90. The highest BCUT2D eigenvalue weighted by molar-refractivity contribution is 8.00. The maximum Gasteiger partial charge on any atom is 0.329 e. The van der Waals surface area contributed by atoms with Crippen LogP contribution in [0.2, 0.25) is 0 Å². The summed E-state index contributed by atoms with van der Waals surface area (Å²) < 4.78 is 36.1. The summed E-state index contributed by atoms with van der Waals surface area (Å²) in [4.78, 5) is 41.2. The third kappa shape index (κ3) is 7.27. The third-order valence-corrected chi connectivity index (χ3v) is 10.3. The Morgan fingerprint density at radius 1 is 0.826 bits per heavy atom. The van der Waals surface area contributed by atoms with Crippen molar-refractivity contribution in [1.29, 1.82) is 0 Å². The lowest BCUT2D eigenvalue weighted by Crippen LogP contribution is -2.74. The van der Waals surface area contributed by atoms with Gasteiger partial charge in [-0.1, -0.05) is 103 Å². The number of nitrogens with zero attached hydrogens (tertiary/aromatic N) is 1. The molecule has 236 valence electrons. The van der Waals surface area contributed by atoms with Crippen LogP contribution in [0.3, 0.4) is 0 Å². The van der Waals surface area contributed by atoms with Gasteiger partial charge in [-0.05, 0) is 46.6 Å². The number of esters is 1. The van der Waals surface area contributed by atoms with Crippen molar-refractivity contribution in [3.05, 3.63) is 138 Å². The molecule has 1 unspecified atom stereocenters. The number of fused-ring (bicyclic) bond motifs is 1. The van der Waals surface area contributed by atoms with E-state index in [1.165, 1.54) is 28.8 Å². The minimum Gasteiger partial charge on any atom is -0.451 e. The SMILES string of the molecule is O=C(Cc1ccc(OS(=O)(=O)Cc2ccccc2)cc1)N[C@@H]1C(=O)N2C(C(=O)OC(c3ccccc3)c3ccccc3)CCS[C@H]12. The second-order valence-electron chi connectivity index (χ2n) is 11.1. The summed E-state index contributed by atoms with van der Waals surface area (Å²) in [7, 11) is -3.86. The number of ether oxygens (including phenoxy) is 1. The van der Waals surface area contributed by atoms with Crippen molar-refractivity contribution in [1.82, 2.24) is 10.2 Å². The number of β-lactam (4-membered cyclic amide) rings is 1. The van der Waals surface area contributed by atoms with Crippen molar-refractivity contribution < 1.29 is 31.7 Å². The molecule has 46 heavy (non-hydrogen) atoms. The summed E-state index contributed by atoms with van der Waals surface area (Å²) in [5, 5.41) is 2.44. The van der Waals surface area contributed by atoms with Gasteiger partial charge in [0.15, 0.2) is 6.10 Å². The first-order valence-corrected chi connectivity index (χ1v) is 17.5. The van der Waals surface area contributed by atoms with E-state index in [1.54, 1.807) is 42.5 Å². The fraction of sp³-hybridized carbons (Fsp3) is 0.229. The van der Waals surface area contributed by atoms with E-state index < -0.39 is 34.3 Å². The summed E-state index contributed by atoms with van der Waals surface area (Å²) in [6.07, 6.45) is -0.173. The lowest BCUT2D eigenvalue weighted by molar-refractivity contribution is -0.168. The Morgan fingerprint density at radius 2 is 1.41 bits per heavy atom. The van der Waals surface area contributed by atoms with Gasteiger partial charge in [0, 0.05) is 0 Å². The maximum atomic E-state index is 13.5. The first-order valence-electron chi connectivity index (χ1n) is 14.9. The van der Waals surface area contributed by atoms with Gasteiger partial charge in [-0.3, -0.25) is 9.59 Å². The molecule has 9 nitrogen and oxygen atoms in total. The van der Waals surface area contributed by atoms with E-state index in [4.69, 9.17) is 8.92 Å². The van der Waals surface area contributed by atoms with Crippen molar-refractivity contribution in [2.24, 2.45) is 0 Å². The summed E-state index contributed by atoms with van der Waals surface area (Å²) in [5.74, 6) is -0.644. The zero-order chi connectivity index (χ0) is 32.1. The van der Waals surface area contributed by atoms with Crippen LogP contribution in [0.5, 0.6) is 5.75 Å². The molecule has 0 saturated carbocycles. The molecular weight excluding hydrogens is 625 g/mol. The number of carbonyl (C=O) groups is 3. The summed E-state index contributed by atoms with van der Waals surface area (Å²) >= 11 is 1.52. The molecule has 2 fully saturated rings. The number of amides is 2. The minimum atomic E-state index is -3.86. The Morgan fingerprint density at radius 3 is 2.02 bits per heavy atom. The highest BCUT2D eigenvalue weighted by Crippen LogP contribution is 2.39. The van der Waals surface area contributed by atoms with Gasteiger partial charge < -0.3 is 19.1 Å².